The van der Waals surface area contributed by atoms with Crippen LogP contribution < -0.4 is 16.0 Å². The van der Waals surface area contributed by atoms with Crippen molar-refractivity contribution in [1.82, 2.24) is 20.9 Å². The number of aromatic hydroxyl groups is 1. The summed E-state index contributed by atoms with van der Waals surface area (Å²) in [5.74, 6) is 0.779. The van der Waals surface area contributed by atoms with Gasteiger partial charge in [-0.05, 0) is 57.1 Å². The van der Waals surface area contributed by atoms with Gasteiger partial charge in [0.05, 0.1) is 6.54 Å². The van der Waals surface area contributed by atoms with Crippen molar-refractivity contribution in [1.29, 1.82) is 0 Å². The van der Waals surface area contributed by atoms with Gasteiger partial charge in [0.25, 0.3) is 5.91 Å². The molecule has 152 valence electrons. The normalized spacial score (nSPS) is 14.9. The summed E-state index contributed by atoms with van der Waals surface area (Å²) in [4.78, 5) is 19.1. The molecule has 4 N–H and O–H groups in total. The summed E-state index contributed by atoms with van der Waals surface area (Å²) in [5.41, 5.74) is 0.532. The first kappa shape index (κ1) is 23.5. The molecule has 1 aromatic rings. The molecule has 7 nitrogen and oxygen atoms in total. The van der Waals surface area contributed by atoms with Gasteiger partial charge in [-0.3, -0.25) is 9.79 Å². The Bertz CT molecular complexity index is 574. The second kappa shape index (κ2) is 13.6. The third-order valence-corrected chi connectivity index (χ3v) is 4.31. The van der Waals surface area contributed by atoms with Crippen LogP contribution in [0.2, 0.25) is 0 Å². The van der Waals surface area contributed by atoms with E-state index in [-0.39, 0.29) is 35.6 Å². The molecule has 0 bridgehead atoms. The van der Waals surface area contributed by atoms with Gasteiger partial charge in [-0.2, -0.15) is 0 Å². The molecule has 2 rings (SSSR count). The van der Waals surface area contributed by atoms with Crippen molar-refractivity contribution in [3.05, 3.63) is 29.8 Å². The van der Waals surface area contributed by atoms with E-state index in [9.17, 15) is 9.90 Å². The maximum atomic E-state index is 12.0. The predicted octanol–water partition coefficient (Wildman–Crippen LogP) is 1.78. The lowest BCUT2D eigenvalue weighted by atomic mass is 10.1. The van der Waals surface area contributed by atoms with Gasteiger partial charge < -0.3 is 26.0 Å². The summed E-state index contributed by atoms with van der Waals surface area (Å²) < 4.78 is 0. The van der Waals surface area contributed by atoms with Gasteiger partial charge in [-0.1, -0.05) is 6.42 Å². The van der Waals surface area contributed by atoms with Gasteiger partial charge in [-0.25, -0.2) is 0 Å². The van der Waals surface area contributed by atoms with Gasteiger partial charge in [-0.15, -0.1) is 24.0 Å². The number of hydrogen-bond donors (Lipinski definition) is 4. The number of phenols is 1. The van der Waals surface area contributed by atoms with Crippen LogP contribution in [0.15, 0.2) is 29.3 Å². The molecule has 0 spiro atoms. The van der Waals surface area contributed by atoms with Crippen molar-refractivity contribution in [3.63, 3.8) is 0 Å². The summed E-state index contributed by atoms with van der Waals surface area (Å²) >= 11 is 0. The number of aliphatic imine (C=N–C) groups is 1. The summed E-state index contributed by atoms with van der Waals surface area (Å²) in [6, 6.07) is 6.21. The molecular weight excluding hydrogens is 457 g/mol. The molecule has 1 saturated heterocycles. The van der Waals surface area contributed by atoms with E-state index in [4.69, 9.17) is 0 Å². The molecule has 1 amide bonds. The fraction of sp³-hybridized carbons (Fsp3) is 0.579. The maximum Gasteiger partial charge on any atom is 0.251 e. The Hall–Kier alpha value is -1.55. The highest BCUT2D eigenvalue weighted by Crippen LogP contribution is 2.09. The average Bonchev–Trinajstić information content (AvgIpc) is 2.66. The number of piperidine rings is 1. The SMILES string of the molecule is CCNC(=NCCN1CCCCC1)NCCNC(=O)c1ccc(O)cc1.I. The zero-order valence-electron chi connectivity index (χ0n) is 16.0. The Morgan fingerprint density at radius 2 is 1.74 bits per heavy atom. The predicted molar refractivity (Wildman–Crippen MR) is 120 cm³/mol. The van der Waals surface area contributed by atoms with Crippen molar-refractivity contribution < 1.29 is 9.90 Å². The first-order chi connectivity index (χ1) is 12.7. The summed E-state index contributed by atoms with van der Waals surface area (Å²) in [6.07, 6.45) is 3.94. The van der Waals surface area contributed by atoms with E-state index in [2.05, 4.69) is 25.8 Å². The minimum atomic E-state index is -0.154. The Labute approximate surface area is 179 Å². The van der Waals surface area contributed by atoms with E-state index in [1.165, 1.54) is 44.5 Å². The summed E-state index contributed by atoms with van der Waals surface area (Å²) in [7, 11) is 0. The standard InChI is InChI=1S/C19H31N5O2.HI/c1-2-20-19(23-12-15-24-13-4-3-5-14-24)22-11-10-21-18(26)16-6-8-17(25)9-7-16;/h6-9,25H,2-5,10-15H2,1H3,(H,21,26)(H2,20,22,23);1H. The molecule has 1 fully saturated rings. The minimum Gasteiger partial charge on any atom is -0.508 e. The van der Waals surface area contributed by atoms with Crippen LogP contribution in [-0.2, 0) is 0 Å². The Morgan fingerprint density at radius 1 is 1.07 bits per heavy atom. The number of likely N-dealkylation sites (tertiary alicyclic amines) is 1. The van der Waals surface area contributed by atoms with Crippen LogP contribution in [0.4, 0.5) is 0 Å². The van der Waals surface area contributed by atoms with Crippen LogP contribution in [0.5, 0.6) is 5.75 Å². The van der Waals surface area contributed by atoms with Gasteiger partial charge in [0.2, 0.25) is 0 Å². The molecule has 1 heterocycles. The zero-order valence-corrected chi connectivity index (χ0v) is 18.4. The maximum absolute atomic E-state index is 12.0. The van der Waals surface area contributed by atoms with Gasteiger partial charge >= 0.3 is 0 Å². The monoisotopic (exact) mass is 489 g/mol. The summed E-state index contributed by atoms with van der Waals surface area (Å²) in [6.45, 7) is 8.06. The Balaban J connectivity index is 0.00000364. The fourth-order valence-corrected chi connectivity index (χ4v) is 2.90. The Morgan fingerprint density at radius 3 is 2.41 bits per heavy atom. The lowest BCUT2D eigenvalue weighted by molar-refractivity contribution is 0.0954. The Kier molecular flexibility index (Phi) is 11.8. The largest absolute Gasteiger partial charge is 0.508 e. The molecule has 1 aliphatic heterocycles. The fourth-order valence-electron chi connectivity index (χ4n) is 2.90. The van der Waals surface area contributed by atoms with E-state index in [1.807, 2.05) is 6.92 Å². The molecule has 1 aromatic carbocycles. The van der Waals surface area contributed by atoms with Gasteiger partial charge in [0, 0.05) is 31.7 Å². The first-order valence-electron chi connectivity index (χ1n) is 9.51. The molecule has 0 unspecified atom stereocenters. The lowest BCUT2D eigenvalue weighted by Crippen LogP contribution is -2.42. The second-order valence-electron chi connectivity index (χ2n) is 6.39. The number of guanidine groups is 1. The number of nitrogens with one attached hydrogen (secondary N) is 3. The van der Waals surface area contributed by atoms with E-state index >= 15 is 0 Å². The highest BCUT2D eigenvalue weighted by molar-refractivity contribution is 14.0. The van der Waals surface area contributed by atoms with E-state index < -0.39 is 0 Å². The average molecular weight is 489 g/mol. The van der Waals surface area contributed by atoms with Crippen LogP contribution in [0.3, 0.4) is 0 Å². The van der Waals surface area contributed by atoms with Crippen LogP contribution in [-0.4, -0.2) is 67.7 Å². The number of carbonyl (C=O) groups is 1. The molecule has 0 saturated carbocycles. The van der Waals surface area contributed by atoms with Crippen molar-refractivity contribution >= 4 is 35.8 Å². The van der Waals surface area contributed by atoms with E-state index in [1.54, 1.807) is 12.1 Å². The molecule has 0 radical (unpaired) electrons. The number of amides is 1. The highest BCUT2D eigenvalue weighted by Gasteiger charge is 2.09. The van der Waals surface area contributed by atoms with Gasteiger partial charge in [0.15, 0.2) is 5.96 Å². The third kappa shape index (κ3) is 9.28. The number of hydrogen-bond acceptors (Lipinski definition) is 4. The topological polar surface area (TPSA) is 89.0 Å². The number of benzene rings is 1. The van der Waals surface area contributed by atoms with Crippen LogP contribution in [0, 0.1) is 0 Å². The minimum absolute atomic E-state index is 0. The van der Waals surface area contributed by atoms with Gasteiger partial charge in [0.1, 0.15) is 5.75 Å². The van der Waals surface area contributed by atoms with Crippen molar-refractivity contribution in [2.75, 3.05) is 45.8 Å². The van der Waals surface area contributed by atoms with Crippen molar-refractivity contribution in [2.45, 2.75) is 26.2 Å². The first-order valence-corrected chi connectivity index (χ1v) is 9.51. The quantitative estimate of drug-likeness (QED) is 0.194. The molecule has 0 aromatic heterocycles. The number of carbonyl (C=O) groups excluding carboxylic acids is 1. The number of nitrogens with zero attached hydrogens (tertiary/aromatic N) is 2. The number of halogens is 1. The smallest absolute Gasteiger partial charge is 0.251 e. The van der Waals surface area contributed by atoms with Crippen LogP contribution in [0.1, 0.15) is 36.5 Å². The molecule has 8 heteroatoms. The van der Waals surface area contributed by atoms with Crippen molar-refractivity contribution in [2.24, 2.45) is 4.99 Å². The molecule has 0 atom stereocenters. The number of rotatable bonds is 8. The molecule has 1 aliphatic rings. The number of phenolic OH excluding ortho intramolecular Hbond substituents is 1. The second-order valence-corrected chi connectivity index (χ2v) is 6.39. The van der Waals surface area contributed by atoms with E-state index in [0.717, 1.165) is 25.6 Å². The molecule has 0 aliphatic carbocycles. The lowest BCUT2D eigenvalue weighted by Gasteiger charge is -2.25. The zero-order chi connectivity index (χ0) is 18.6. The highest BCUT2D eigenvalue weighted by atomic mass is 127. The van der Waals surface area contributed by atoms with E-state index in [0.29, 0.717) is 18.7 Å². The third-order valence-electron chi connectivity index (χ3n) is 4.31. The van der Waals surface area contributed by atoms with Crippen LogP contribution >= 0.6 is 24.0 Å². The molecular formula is C19H32IN5O2. The van der Waals surface area contributed by atoms with Crippen LogP contribution in [0.25, 0.3) is 0 Å². The van der Waals surface area contributed by atoms with Crippen molar-refractivity contribution in [3.8, 4) is 5.75 Å². The molecule has 27 heavy (non-hydrogen) atoms. The summed E-state index contributed by atoms with van der Waals surface area (Å²) in [5, 5.41) is 18.6.